The van der Waals surface area contributed by atoms with Crippen LogP contribution < -0.4 is 10.9 Å². The van der Waals surface area contributed by atoms with Crippen LogP contribution in [-0.2, 0) is 4.79 Å². The molecule has 1 atom stereocenters. The first-order valence-corrected chi connectivity index (χ1v) is 7.21. The van der Waals surface area contributed by atoms with E-state index < -0.39 is 5.97 Å². The molecule has 1 aromatic rings. The molecule has 0 bridgehead atoms. The first-order chi connectivity index (χ1) is 10.0. The number of amides is 1. The lowest BCUT2D eigenvalue weighted by Gasteiger charge is -2.15. The zero-order valence-electron chi connectivity index (χ0n) is 12.2. The molecule has 0 aliphatic carbocycles. The van der Waals surface area contributed by atoms with Crippen LogP contribution in [0.25, 0.3) is 0 Å². The number of aliphatic carboxylic acids is 1. The van der Waals surface area contributed by atoms with E-state index in [2.05, 4.69) is 17.2 Å². The zero-order chi connectivity index (χ0) is 15.7. The lowest BCUT2D eigenvalue weighted by Crippen LogP contribution is -2.27. The molecule has 0 fully saturated rings. The van der Waals surface area contributed by atoms with Crippen molar-refractivity contribution >= 4 is 11.9 Å². The van der Waals surface area contributed by atoms with Gasteiger partial charge in [-0.2, -0.15) is 0 Å². The molecule has 0 aliphatic rings. The van der Waals surface area contributed by atoms with E-state index in [0.717, 1.165) is 19.3 Å². The van der Waals surface area contributed by atoms with Gasteiger partial charge >= 0.3 is 5.97 Å². The second-order valence-corrected chi connectivity index (χ2v) is 5.07. The SMILES string of the molecule is CCCC(CCNC(=O)c1cc[nH]c(=O)c1)CCC(=O)O. The summed E-state index contributed by atoms with van der Waals surface area (Å²) in [6.07, 6.45) is 4.91. The molecule has 0 saturated heterocycles. The van der Waals surface area contributed by atoms with Crippen LogP contribution in [0.1, 0.15) is 49.4 Å². The number of pyridine rings is 1. The maximum absolute atomic E-state index is 11.8. The number of hydrogen-bond acceptors (Lipinski definition) is 3. The van der Waals surface area contributed by atoms with Gasteiger partial charge < -0.3 is 15.4 Å². The second-order valence-electron chi connectivity index (χ2n) is 5.07. The van der Waals surface area contributed by atoms with Crippen LogP contribution in [0.5, 0.6) is 0 Å². The van der Waals surface area contributed by atoms with E-state index in [1.807, 2.05) is 0 Å². The number of hydrogen-bond donors (Lipinski definition) is 3. The van der Waals surface area contributed by atoms with Gasteiger partial charge in [0, 0.05) is 30.8 Å². The van der Waals surface area contributed by atoms with Gasteiger partial charge in [-0.15, -0.1) is 0 Å². The maximum atomic E-state index is 11.8. The zero-order valence-corrected chi connectivity index (χ0v) is 12.2. The van der Waals surface area contributed by atoms with Crippen molar-refractivity contribution in [3.63, 3.8) is 0 Å². The third-order valence-corrected chi connectivity index (χ3v) is 3.34. The molecular formula is C15H22N2O4. The van der Waals surface area contributed by atoms with Crippen molar-refractivity contribution in [3.05, 3.63) is 34.2 Å². The van der Waals surface area contributed by atoms with Crippen molar-refractivity contribution in [2.45, 2.75) is 39.0 Å². The fraction of sp³-hybridized carbons (Fsp3) is 0.533. The molecule has 1 rings (SSSR count). The fourth-order valence-electron chi connectivity index (χ4n) is 2.25. The van der Waals surface area contributed by atoms with Crippen LogP contribution in [0.2, 0.25) is 0 Å². The highest BCUT2D eigenvalue weighted by molar-refractivity contribution is 5.93. The van der Waals surface area contributed by atoms with E-state index in [1.54, 1.807) is 6.07 Å². The van der Waals surface area contributed by atoms with Gasteiger partial charge in [-0.1, -0.05) is 19.8 Å². The summed E-state index contributed by atoms with van der Waals surface area (Å²) in [5, 5.41) is 11.5. The van der Waals surface area contributed by atoms with Gasteiger partial charge in [0.2, 0.25) is 5.56 Å². The maximum Gasteiger partial charge on any atom is 0.303 e. The summed E-state index contributed by atoms with van der Waals surface area (Å²) >= 11 is 0. The fourth-order valence-corrected chi connectivity index (χ4v) is 2.25. The highest BCUT2D eigenvalue weighted by atomic mass is 16.4. The van der Waals surface area contributed by atoms with Crippen LogP contribution in [0, 0.1) is 5.92 Å². The van der Waals surface area contributed by atoms with E-state index in [-0.39, 0.29) is 17.9 Å². The Morgan fingerprint density at radius 2 is 2.10 bits per heavy atom. The number of carbonyl (C=O) groups excluding carboxylic acids is 1. The van der Waals surface area contributed by atoms with Crippen LogP contribution in [0.15, 0.2) is 23.1 Å². The summed E-state index contributed by atoms with van der Waals surface area (Å²) in [5.41, 5.74) is 0.0179. The third kappa shape index (κ3) is 6.74. The molecule has 116 valence electrons. The molecule has 6 nitrogen and oxygen atoms in total. The van der Waals surface area contributed by atoms with Crippen LogP contribution in [0.3, 0.4) is 0 Å². The molecule has 1 heterocycles. The number of H-pyrrole nitrogens is 1. The molecule has 1 amide bonds. The van der Waals surface area contributed by atoms with Gasteiger partial charge in [0.05, 0.1) is 0 Å². The summed E-state index contributed by atoms with van der Waals surface area (Å²) in [4.78, 5) is 36.0. The molecule has 21 heavy (non-hydrogen) atoms. The van der Waals surface area contributed by atoms with Gasteiger partial charge in [-0.25, -0.2) is 0 Å². The summed E-state index contributed by atoms with van der Waals surface area (Å²) in [6, 6.07) is 2.80. The first kappa shape index (κ1) is 16.9. The minimum absolute atomic E-state index is 0.159. The number of rotatable bonds is 9. The molecule has 3 N–H and O–H groups in total. The van der Waals surface area contributed by atoms with Crippen LogP contribution in [0.4, 0.5) is 0 Å². The van der Waals surface area contributed by atoms with Gasteiger partial charge in [0.25, 0.3) is 5.91 Å². The number of carboxylic acids is 1. The highest BCUT2D eigenvalue weighted by Gasteiger charge is 2.11. The Morgan fingerprint density at radius 1 is 1.33 bits per heavy atom. The predicted molar refractivity (Wildman–Crippen MR) is 79.3 cm³/mol. The Balaban J connectivity index is 2.40. The summed E-state index contributed by atoms with van der Waals surface area (Å²) in [7, 11) is 0. The average molecular weight is 294 g/mol. The van der Waals surface area contributed by atoms with Gasteiger partial charge in [-0.3, -0.25) is 14.4 Å². The number of carbonyl (C=O) groups is 2. The highest BCUT2D eigenvalue weighted by Crippen LogP contribution is 2.17. The average Bonchev–Trinajstić information content (AvgIpc) is 2.44. The van der Waals surface area contributed by atoms with Crippen molar-refractivity contribution < 1.29 is 14.7 Å². The molecule has 1 unspecified atom stereocenters. The molecular weight excluding hydrogens is 272 g/mol. The lowest BCUT2D eigenvalue weighted by atomic mass is 9.94. The summed E-state index contributed by atoms with van der Waals surface area (Å²) in [5.74, 6) is -0.774. The quantitative estimate of drug-likeness (QED) is 0.646. The molecule has 0 aromatic carbocycles. The first-order valence-electron chi connectivity index (χ1n) is 7.21. The number of carboxylic acid groups (broad SMARTS) is 1. The van der Waals surface area contributed by atoms with Crippen molar-refractivity contribution in [2.24, 2.45) is 5.92 Å². The van der Waals surface area contributed by atoms with Gasteiger partial charge in [0.1, 0.15) is 0 Å². The van der Waals surface area contributed by atoms with E-state index in [1.165, 1.54) is 12.3 Å². The molecule has 1 aromatic heterocycles. The molecule has 0 aliphatic heterocycles. The van der Waals surface area contributed by atoms with Crippen LogP contribution in [-0.4, -0.2) is 28.5 Å². The van der Waals surface area contributed by atoms with Gasteiger partial charge in [-0.05, 0) is 24.8 Å². The Bertz CT molecular complexity index is 524. The van der Waals surface area contributed by atoms with E-state index in [4.69, 9.17) is 5.11 Å². The van der Waals surface area contributed by atoms with E-state index >= 15 is 0 Å². The number of aromatic amines is 1. The number of aromatic nitrogens is 1. The van der Waals surface area contributed by atoms with Crippen molar-refractivity contribution in [1.29, 1.82) is 0 Å². The lowest BCUT2D eigenvalue weighted by molar-refractivity contribution is -0.137. The predicted octanol–water partition coefficient (Wildman–Crippen LogP) is 1.78. The van der Waals surface area contributed by atoms with E-state index in [0.29, 0.717) is 24.4 Å². The van der Waals surface area contributed by atoms with Gasteiger partial charge in [0.15, 0.2) is 0 Å². The Kier molecular flexibility index (Phi) is 7.21. The normalized spacial score (nSPS) is 11.9. The smallest absolute Gasteiger partial charge is 0.303 e. The third-order valence-electron chi connectivity index (χ3n) is 3.34. The molecule has 0 spiro atoms. The standard InChI is InChI=1S/C15H22N2O4/c1-2-3-11(4-5-14(19)20)6-8-17-15(21)12-7-9-16-13(18)10-12/h7,9-11H,2-6,8H2,1H3,(H,16,18)(H,17,21)(H,19,20). The van der Waals surface area contributed by atoms with Crippen molar-refractivity contribution in [3.8, 4) is 0 Å². The summed E-state index contributed by atoms with van der Waals surface area (Å²) < 4.78 is 0. The number of nitrogens with one attached hydrogen (secondary N) is 2. The second kappa shape index (κ2) is 8.94. The monoisotopic (exact) mass is 294 g/mol. The topological polar surface area (TPSA) is 99.3 Å². The minimum Gasteiger partial charge on any atom is -0.481 e. The van der Waals surface area contributed by atoms with Crippen LogP contribution >= 0.6 is 0 Å². The van der Waals surface area contributed by atoms with E-state index in [9.17, 15) is 14.4 Å². The summed E-state index contributed by atoms with van der Waals surface area (Å²) in [6.45, 7) is 2.54. The van der Waals surface area contributed by atoms with Crippen molar-refractivity contribution in [2.75, 3.05) is 6.54 Å². The molecule has 6 heteroatoms. The Labute approximate surface area is 123 Å². The molecule has 0 saturated carbocycles. The Morgan fingerprint density at radius 3 is 2.71 bits per heavy atom. The largest absolute Gasteiger partial charge is 0.481 e. The van der Waals surface area contributed by atoms with Crippen molar-refractivity contribution in [1.82, 2.24) is 10.3 Å². The molecule has 0 radical (unpaired) electrons. The minimum atomic E-state index is -0.788. The Hall–Kier alpha value is -2.11.